The van der Waals surface area contributed by atoms with Gasteiger partial charge in [0.2, 0.25) is 0 Å². The second-order valence-corrected chi connectivity index (χ2v) is 9.61. The van der Waals surface area contributed by atoms with Crippen LogP contribution >= 0.6 is 11.3 Å². The van der Waals surface area contributed by atoms with Crippen LogP contribution in [0.5, 0.6) is 0 Å². The van der Waals surface area contributed by atoms with E-state index in [1.807, 2.05) is 20.8 Å². The smallest absolute Gasteiger partial charge is 0.413 e. The zero-order valence-electron chi connectivity index (χ0n) is 16.7. The van der Waals surface area contributed by atoms with Crippen molar-refractivity contribution < 1.29 is 24.2 Å². The Morgan fingerprint density at radius 1 is 1.22 bits per heavy atom. The monoisotopic (exact) mass is 399 g/mol. The quantitative estimate of drug-likeness (QED) is 0.809. The van der Waals surface area contributed by atoms with E-state index in [0.717, 1.165) is 5.01 Å². The third-order valence-electron chi connectivity index (χ3n) is 3.68. The third kappa shape index (κ3) is 6.99. The number of β-amino-alcohol motifs (C(OH)–C–C–N with tert-alkyl or cyclic N) is 1. The van der Waals surface area contributed by atoms with E-state index in [4.69, 9.17) is 9.47 Å². The van der Waals surface area contributed by atoms with Crippen molar-refractivity contribution >= 4 is 29.3 Å². The van der Waals surface area contributed by atoms with Crippen molar-refractivity contribution in [3.63, 3.8) is 0 Å². The van der Waals surface area contributed by atoms with Gasteiger partial charge in [0.1, 0.15) is 17.0 Å². The topological polar surface area (TPSA) is 101 Å². The van der Waals surface area contributed by atoms with E-state index in [9.17, 15) is 14.7 Å². The summed E-state index contributed by atoms with van der Waals surface area (Å²) in [5.41, 5.74) is -1.15. The number of ether oxygens (including phenoxy) is 2. The number of anilines is 1. The lowest BCUT2D eigenvalue weighted by atomic mass is 10.0. The number of nitrogens with zero attached hydrogens (tertiary/aromatic N) is 2. The first kappa shape index (κ1) is 21.4. The molecule has 2 heterocycles. The number of nitrogens with one attached hydrogen (secondary N) is 1. The molecule has 2 N–H and O–H groups in total. The molecule has 2 rings (SSSR count). The summed E-state index contributed by atoms with van der Waals surface area (Å²) in [6.45, 7) is 11.4. The fourth-order valence-electron chi connectivity index (χ4n) is 2.62. The Morgan fingerprint density at radius 3 is 2.44 bits per heavy atom. The predicted molar refractivity (Wildman–Crippen MR) is 103 cm³/mol. The summed E-state index contributed by atoms with van der Waals surface area (Å²) in [5, 5.41) is 15.4. The van der Waals surface area contributed by atoms with Gasteiger partial charge >= 0.3 is 12.2 Å². The molecular weight excluding hydrogens is 370 g/mol. The first-order chi connectivity index (χ1) is 12.3. The molecule has 1 fully saturated rings. The Balaban J connectivity index is 1.89. The van der Waals surface area contributed by atoms with Crippen LogP contribution in [-0.4, -0.2) is 57.6 Å². The molecule has 8 nitrogen and oxygen atoms in total. The number of carbonyl (C=O) groups excluding carboxylic acids is 2. The SMILES string of the molecule is CC(C)(C)OC(=O)Nc1csc(C[C@H]2CN(C(=O)OC(C)(C)C)C[C@@H]2O)n1. The van der Waals surface area contributed by atoms with E-state index in [0.29, 0.717) is 18.8 Å². The maximum absolute atomic E-state index is 12.2. The number of likely N-dealkylation sites (tertiary alicyclic amines) is 1. The molecule has 2 atom stereocenters. The molecule has 27 heavy (non-hydrogen) atoms. The predicted octanol–water partition coefficient (Wildman–Crippen LogP) is 3.26. The molecule has 0 unspecified atom stereocenters. The summed E-state index contributed by atoms with van der Waals surface area (Å²) in [5.74, 6) is 0.291. The van der Waals surface area contributed by atoms with E-state index in [2.05, 4.69) is 10.3 Å². The summed E-state index contributed by atoms with van der Waals surface area (Å²) >= 11 is 1.39. The standard InChI is InChI=1S/C18H29N3O5S/c1-17(2,3)25-15(23)20-13-10-27-14(19-13)7-11-8-21(9-12(11)22)16(24)26-18(4,5)6/h10-12,22H,7-9H2,1-6H3,(H,20,23)/t11-,12-/m0/s1. The highest BCUT2D eigenvalue weighted by molar-refractivity contribution is 7.10. The van der Waals surface area contributed by atoms with Crippen molar-refractivity contribution in [2.24, 2.45) is 5.92 Å². The van der Waals surface area contributed by atoms with Gasteiger partial charge in [0.25, 0.3) is 0 Å². The Hall–Kier alpha value is -1.87. The highest BCUT2D eigenvalue weighted by Crippen LogP contribution is 2.26. The Bertz CT molecular complexity index is 677. The van der Waals surface area contributed by atoms with Gasteiger partial charge in [-0.1, -0.05) is 0 Å². The first-order valence-corrected chi connectivity index (χ1v) is 9.81. The highest BCUT2D eigenvalue weighted by atomic mass is 32.1. The summed E-state index contributed by atoms with van der Waals surface area (Å²) in [6, 6.07) is 0. The van der Waals surface area contributed by atoms with Gasteiger partial charge in [0, 0.05) is 24.3 Å². The highest BCUT2D eigenvalue weighted by Gasteiger charge is 2.36. The van der Waals surface area contributed by atoms with E-state index in [1.54, 1.807) is 26.2 Å². The lowest BCUT2D eigenvalue weighted by molar-refractivity contribution is 0.0269. The van der Waals surface area contributed by atoms with E-state index < -0.39 is 29.5 Å². The number of aliphatic hydroxyl groups excluding tert-OH is 1. The minimum Gasteiger partial charge on any atom is -0.444 e. The first-order valence-electron chi connectivity index (χ1n) is 8.93. The van der Waals surface area contributed by atoms with Crippen LogP contribution in [-0.2, 0) is 15.9 Å². The Kier molecular flexibility index (Phi) is 6.36. The normalized spacial score (nSPS) is 20.5. The molecular formula is C18H29N3O5S. The van der Waals surface area contributed by atoms with E-state index in [-0.39, 0.29) is 12.5 Å². The van der Waals surface area contributed by atoms with E-state index >= 15 is 0 Å². The number of amides is 2. The van der Waals surface area contributed by atoms with Gasteiger partial charge in [-0.05, 0) is 41.5 Å². The molecule has 1 aliphatic rings. The van der Waals surface area contributed by atoms with Crippen molar-refractivity contribution in [1.82, 2.24) is 9.88 Å². The van der Waals surface area contributed by atoms with Gasteiger partial charge in [-0.15, -0.1) is 11.3 Å². The van der Waals surface area contributed by atoms with Crippen LogP contribution in [0.25, 0.3) is 0 Å². The zero-order valence-corrected chi connectivity index (χ0v) is 17.6. The average Bonchev–Trinajstić information content (AvgIpc) is 3.03. The van der Waals surface area contributed by atoms with Gasteiger partial charge in [-0.25, -0.2) is 14.6 Å². The maximum atomic E-state index is 12.2. The van der Waals surface area contributed by atoms with E-state index in [1.165, 1.54) is 16.2 Å². The second-order valence-electron chi connectivity index (χ2n) is 8.67. The van der Waals surface area contributed by atoms with Crippen LogP contribution < -0.4 is 5.32 Å². The van der Waals surface area contributed by atoms with Gasteiger partial charge in [0.05, 0.1) is 17.7 Å². The molecule has 0 radical (unpaired) electrons. The minimum atomic E-state index is -0.635. The molecule has 152 valence electrons. The minimum absolute atomic E-state index is 0.127. The second kappa shape index (κ2) is 8.02. The average molecular weight is 400 g/mol. The van der Waals surface area contributed by atoms with Crippen LogP contribution in [0.2, 0.25) is 0 Å². The van der Waals surface area contributed by atoms with Gasteiger partial charge in [0.15, 0.2) is 0 Å². The number of aliphatic hydroxyl groups is 1. The summed E-state index contributed by atoms with van der Waals surface area (Å²) in [7, 11) is 0. The third-order valence-corrected chi connectivity index (χ3v) is 4.55. The number of thiazole rings is 1. The van der Waals surface area contributed by atoms with Crippen LogP contribution in [0.15, 0.2) is 5.38 Å². The molecule has 1 aromatic heterocycles. The van der Waals surface area contributed by atoms with Crippen molar-refractivity contribution in [3.05, 3.63) is 10.4 Å². The van der Waals surface area contributed by atoms with Crippen molar-refractivity contribution in [2.75, 3.05) is 18.4 Å². The number of hydrogen-bond donors (Lipinski definition) is 2. The number of aromatic nitrogens is 1. The Labute approximate surface area is 163 Å². The number of hydrogen-bond acceptors (Lipinski definition) is 7. The maximum Gasteiger partial charge on any atom is 0.413 e. The zero-order chi connectivity index (χ0) is 20.4. The summed E-state index contributed by atoms with van der Waals surface area (Å²) < 4.78 is 10.6. The van der Waals surface area contributed by atoms with Crippen LogP contribution in [0.1, 0.15) is 46.6 Å². The van der Waals surface area contributed by atoms with Crippen molar-refractivity contribution in [2.45, 2.75) is 65.3 Å². The molecule has 0 bridgehead atoms. The molecule has 9 heteroatoms. The lowest BCUT2D eigenvalue weighted by Crippen LogP contribution is -2.35. The molecule has 0 aliphatic carbocycles. The van der Waals surface area contributed by atoms with Gasteiger partial charge < -0.3 is 19.5 Å². The molecule has 0 aromatic carbocycles. The fourth-order valence-corrected chi connectivity index (χ4v) is 3.45. The lowest BCUT2D eigenvalue weighted by Gasteiger charge is -2.24. The van der Waals surface area contributed by atoms with Gasteiger partial charge in [-0.2, -0.15) is 0 Å². The van der Waals surface area contributed by atoms with Crippen LogP contribution in [0, 0.1) is 5.92 Å². The molecule has 1 aromatic rings. The van der Waals surface area contributed by atoms with Crippen LogP contribution in [0.3, 0.4) is 0 Å². The molecule has 1 aliphatic heterocycles. The van der Waals surface area contributed by atoms with Crippen molar-refractivity contribution in [3.8, 4) is 0 Å². The number of carbonyl (C=O) groups is 2. The summed E-state index contributed by atoms with van der Waals surface area (Å²) in [4.78, 5) is 29.9. The number of rotatable bonds is 3. The largest absolute Gasteiger partial charge is 0.444 e. The van der Waals surface area contributed by atoms with Gasteiger partial charge in [-0.3, -0.25) is 5.32 Å². The fraction of sp³-hybridized carbons (Fsp3) is 0.722. The molecule has 1 saturated heterocycles. The Morgan fingerprint density at radius 2 is 1.85 bits per heavy atom. The van der Waals surface area contributed by atoms with Crippen molar-refractivity contribution in [1.29, 1.82) is 0 Å². The molecule has 2 amide bonds. The molecule has 0 saturated carbocycles. The molecule has 0 spiro atoms. The van der Waals surface area contributed by atoms with Crippen LogP contribution in [0.4, 0.5) is 15.4 Å². The summed E-state index contributed by atoms with van der Waals surface area (Å²) in [6.07, 6.45) is -1.10.